The number of aromatic nitrogens is 2. The van der Waals surface area contributed by atoms with Crippen LogP contribution in [0.1, 0.15) is 30.3 Å². The molecule has 0 N–H and O–H groups in total. The number of carbonyl (C=O) groups is 1. The van der Waals surface area contributed by atoms with Crippen molar-refractivity contribution in [3.8, 4) is 0 Å². The van der Waals surface area contributed by atoms with Gasteiger partial charge >= 0.3 is 0 Å². The molecule has 17 heavy (non-hydrogen) atoms. The van der Waals surface area contributed by atoms with E-state index in [0.717, 1.165) is 18.8 Å². The van der Waals surface area contributed by atoms with E-state index in [1.165, 1.54) is 11.3 Å². The first-order valence-electron chi connectivity index (χ1n) is 5.97. The van der Waals surface area contributed by atoms with Crippen molar-refractivity contribution < 1.29 is 4.79 Å². The summed E-state index contributed by atoms with van der Waals surface area (Å²) >= 11 is 3.51. The van der Waals surface area contributed by atoms with Crippen LogP contribution >= 0.6 is 15.9 Å². The minimum absolute atomic E-state index is 0.231. The van der Waals surface area contributed by atoms with Crippen LogP contribution in [0, 0.1) is 13.8 Å². The molecule has 1 atom stereocenters. The van der Waals surface area contributed by atoms with E-state index in [2.05, 4.69) is 34.9 Å². The topological polar surface area (TPSA) is 38.1 Å². The maximum absolute atomic E-state index is 11.8. The molecule has 4 nitrogen and oxygen atoms in total. The number of carbonyl (C=O) groups excluding carboxylic acids is 1. The highest BCUT2D eigenvalue weighted by Crippen LogP contribution is 2.22. The van der Waals surface area contributed by atoms with E-state index in [-0.39, 0.29) is 5.91 Å². The zero-order chi connectivity index (χ0) is 12.6. The maximum Gasteiger partial charge on any atom is 0.224 e. The van der Waals surface area contributed by atoms with Crippen LogP contribution in [0.15, 0.2) is 0 Å². The number of aryl methyl sites for hydroxylation is 2. The third kappa shape index (κ3) is 2.39. The SMILES string of the molecule is CCn1nc(C)c(CN2CC(Br)CC2=O)c1C. The summed E-state index contributed by atoms with van der Waals surface area (Å²) in [5.74, 6) is 0.231. The summed E-state index contributed by atoms with van der Waals surface area (Å²) in [4.78, 5) is 14.0. The van der Waals surface area contributed by atoms with Gasteiger partial charge in [0.2, 0.25) is 5.91 Å². The molecular formula is C12H18BrN3O. The lowest BCUT2D eigenvalue weighted by atomic mass is 10.2. The summed E-state index contributed by atoms with van der Waals surface area (Å²) in [7, 11) is 0. The van der Waals surface area contributed by atoms with Crippen molar-refractivity contribution in [1.29, 1.82) is 0 Å². The highest BCUT2D eigenvalue weighted by atomic mass is 79.9. The van der Waals surface area contributed by atoms with E-state index in [1.807, 2.05) is 16.5 Å². The number of rotatable bonds is 3. The van der Waals surface area contributed by atoms with Crippen molar-refractivity contribution in [2.45, 2.75) is 45.1 Å². The Morgan fingerprint density at radius 2 is 2.18 bits per heavy atom. The molecule has 0 aliphatic carbocycles. The van der Waals surface area contributed by atoms with Gasteiger partial charge in [0, 0.05) is 42.1 Å². The van der Waals surface area contributed by atoms with Crippen LogP contribution in [-0.2, 0) is 17.9 Å². The van der Waals surface area contributed by atoms with E-state index in [4.69, 9.17) is 0 Å². The standard InChI is InChI=1S/C12H18BrN3O/c1-4-16-9(3)11(8(2)14-16)7-15-6-10(13)5-12(15)17/h10H,4-7H2,1-3H3. The Morgan fingerprint density at radius 1 is 1.47 bits per heavy atom. The Bertz CT molecular complexity index is 441. The van der Waals surface area contributed by atoms with E-state index in [1.54, 1.807) is 0 Å². The molecule has 1 aliphatic heterocycles. The zero-order valence-electron chi connectivity index (χ0n) is 10.5. The van der Waals surface area contributed by atoms with Crippen molar-refractivity contribution >= 4 is 21.8 Å². The molecule has 1 amide bonds. The second-order valence-electron chi connectivity index (χ2n) is 4.54. The van der Waals surface area contributed by atoms with Crippen LogP contribution in [0.25, 0.3) is 0 Å². The Kier molecular flexibility index (Phi) is 3.56. The van der Waals surface area contributed by atoms with Crippen molar-refractivity contribution in [3.05, 3.63) is 17.0 Å². The number of hydrogen-bond donors (Lipinski definition) is 0. The van der Waals surface area contributed by atoms with Crippen LogP contribution in [0.4, 0.5) is 0 Å². The predicted octanol–water partition coefficient (Wildman–Crippen LogP) is 2.02. The van der Waals surface area contributed by atoms with Gasteiger partial charge in [0.05, 0.1) is 5.69 Å². The Hall–Kier alpha value is -0.840. The van der Waals surface area contributed by atoms with Gasteiger partial charge in [0.1, 0.15) is 0 Å². The van der Waals surface area contributed by atoms with Gasteiger partial charge in [0.25, 0.3) is 0 Å². The molecule has 0 spiro atoms. The second kappa shape index (κ2) is 4.80. The monoisotopic (exact) mass is 299 g/mol. The molecule has 1 aromatic heterocycles. The number of hydrogen-bond acceptors (Lipinski definition) is 2. The smallest absolute Gasteiger partial charge is 0.224 e. The molecule has 5 heteroatoms. The van der Waals surface area contributed by atoms with Gasteiger partial charge in [-0.15, -0.1) is 0 Å². The molecule has 2 rings (SSSR count). The van der Waals surface area contributed by atoms with Crippen molar-refractivity contribution in [2.75, 3.05) is 6.54 Å². The first-order chi connectivity index (χ1) is 8.02. The lowest BCUT2D eigenvalue weighted by molar-refractivity contribution is -0.128. The molecule has 2 heterocycles. The minimum atomic E-state index is 0.231. The normalized spacial score (nSPS) is 20.4. The average Bonchev–Trinajstić information content (AvgIpc) is 2.72. The molecule has 0 aromatic carbocycles. The summed E-state index contributed by atoms with van der Waals surface area (Å²) in [6.07, 6.45) is 0.611. The van der Waals surface area contributed by atoms with Crippen LogP contribution in [-0.4, -0.2) is 32.0 Å². The third-order valence-corrected chi connectivity index (χ3v) is 3.96. The van der Waals surface area contributed by atoms with Gasteiger partial charge < -0.3 is 4.90 Å². The summed E-state index contributed by atoms with van der Waals surface area (Å²) in [5, 5.41) is 4.48. The number of likely N-dealkylation sites (tertiary alicyclic amines) is 1. The first-order valence-corrected chi connectivity index (χ1v) is 6.89. The predicted molar refractivity (Wildman–Crippen MR) is 70.1 cm³/mol. The molecule has 1 saturated heterocycles. The quantitative estimate of drug-likeness (QED) is 0.801. The highest BCUT2D eigenvalue weighted by Gasteiger charge is 2.28. The summed E-state index contributed by atoms with van der Waals surface area (Å²) in [5.41, 5.74) is 3.41. The van der Waals surface area contributed by atoms with Crippen LogP contribution in [0.3, 0.4) is 0 Å². The van der Waals surface area contributed by atoms with Crippen molar-refractivity contribution in [2.24, 2.45) is 0 Å². The van der Waals surface area contributed by atoms with E-state index < -0.39 is 0 Å². The fourth-order valence-electron chi connectivity index (χ4n) is 2.34. The van der Waals surface area contributed by atoms with Crippen LogP contribution in [0.2, 0.25) is 0 Å². The fraction of sp³-hybridized carbons (Fsp3) is 0.667. The molecule has 0 saturated carbocycles. The van der Waals surface area contributed by atoms with Gasteiger partial charge in [-0.25, -0.2) is 0 Å². The second-order valence-corrected chi connectivity index (χ2v) is 5.84. The molecule has 0 bridgehead atoms. The van der Waals surface area contributed by atoms with E-state index in [9.17, 15) is 4.79 Å². The lowest BCUT2D eigenvalue weighted by Crippen LogP contribution is -2.25. The lowest BCUT2D eigenvalue weighted by Gasteiger charge is -2.16. The number of amides is 1. The molecule has 1 unspecified atom stereocenters. The number of halogens is 1. The molecule has 0 radical (unpaired) electrons. The first kappa shape index (κ1) is 12.6. The number of nitrogens with zero attached hydrogens (tertiary/aromatic N) is 3. The summed E-state index contributed by atoms with van der Waals surface area (Å²) in [6.45, 7) is 8.54. The maximum atomic E-state index is 11.8. The van der Waals surface area contributed by atoms with Gasteiger partial charge in [-0.1, -0.05) is 15.9 Å². The van der Waals surface area contributed by atoms with Crippen LogP contribution < -0.4 is 0 Å². The van der Waals surface area contributed by atoms with E-state index >= 15 is 0 Å². The summed E-state index contributed by atoms with van der Waals surface area (Å²) < 4.78 is 2.00. The Balaban J connectivity index is 2.19. The Labute approximate surface area is 110 Å². The molecular weight excluding hydrogens is 282 g/mol. The summed E-state index contributed by atoms with van der Waals surface area (Å²) in [6, 6.07) is 0. The molecule has 1 fully saturated rings. The minimum Gasteiger partial charge on any atom is -0.337 e. The largest absolute Gasteiger partial charge is 0.337 e. The third-order valence-electron chi connectivity index (χ3n) is 3.35. The van der Waals surface area contributed by atoms with Crippen molar-refractivity contribution in [1.82, 2.24) is 14.7 Å². The fourth-order valence-corrected chi connectivity index (χ4v) is 2.96. The zero-order valence-corrected chi connectivity index (χ0v) is 12.1. The Morgan fingerprint density at radius 3 is 2.65 bits per heavy atom. The van der Waals surface area contributed by atoms with Gasteiger partial charge in [-0.3, -0.25) is 9.48 Å². The molecule has 94 valence electrons. The van der Waals surface area contributed by atoms with Gasteiger partial charge in [0.15, 0.2) is 0 Å². The number of alkyl halides is 1. The van der Waals surface area contributed by atoms with E-state index in [0.29, 0.717) is 17.8 Å². The average molecular weight is 300 g/mol. The van der Waals surface area contributed by atoms with Gasteiger partial charge in [-0.05, 0) is 20.8 Å². The van der Waals surface area contributed by atoms with Crippen LogP contribution in [0.5, 0.6) is 0 Å². The van der Waals surface area contributed by atoms with Crippen molar-refractivity contribution in [3.63, 3.8) is 0 Å². The molecule has 1 aromatic rings. The molecule has 1 aliphatic rings. The highest BCUT2D eigenvalue weighted by molar-refractivity contribution is 9.09. The van der Waals surface area contributed by atoms with Gasteiger partial charge in [-0.2, -0.15) is 5.10 Å².